The highest BCUT2D eigenvalue weighted by molar-refractivity contribution is 6.33. The van der Waals surface area contributed by atoms with E-state index in [1.165, 1.54) is 0 Å². The van der Waals surface area contributed by atoms with Crippen molar-refractivity contribution < 1.29 is 4.74 Å². The third kappa shape index (κ3) is 2.55. The molecule has 0 saturated carbocycles. The summed E-state index contributed by atoms with van der Waals surface area (Å²) in [6.07, 6.45) is 0. The molecule has 0 aliphatic heterocycles. The molecule has 2 rings (SSSR count). The molecule has 0 amide bonds. The predicted molar refractivity (Wildman–Crippen MR) is 72.4 cm³/mol. The second-order valence-corrected chi connectivity index (χ2v) is 4.04. The van der Waals surface area contributed by atoms with Crippen LogP contribution in [0.15, 0.2) is 42.5 Å². The summed E-state index contributed by atoms with van der Waals surface area (Å²) in [5.74, 6) is 0.684. The van der Waals surface area contributed by atoms with Crippen LogP contribution < -0.4 is 10.1 Å². The third-order valence-electron chi connectivity index (χ3n) is 2.49. The zero-order chi connectivity index (χ0) is 13.0. The molecular weight excluding hydrogens is 248 g/mol. The minimum absolute atomic E-state index is 0.538. The van der Waals surface area contributed by atoms with Gasteiger partial charge in [-0.3, -0.25) is 0 Å². The van der Waals surface area contributed by atoms with Crippen molar-refractivity contribution in [2.45, 2.75) is 0 Å². The monoisotopic (exact) mass is 258 g/mol. The topological polar surface area (TPSA) is 45.0 Å². The van der Waals surface area contributed by atoms with E-state index in [0.717, 1.165) is 5.69 Å². The maximum Gasteiger partial charge on any atom is 0.121 e. The first-order valence-electron chi connectivity index (χ1n) is 5.34. The second-order valence-electron chi connectivity index (χ2n) is 3.63. The lowest BCUT2D eigenvalue weighted by atomic mass is 10.1. The first-order chi connectivity index (χ1) is 8.74. The molecule has 0 spiro atoms. The van der Waals surface area contributed by atoms with Crippen molar-refractivity contribution in [3.05, 3.63) is 53.1 Å². The van der Waals surface area contributed by atoms with E-state index in [4.69, 9.17) is 21.6 Å². The van der Waals surface area contributed by atoms with E-state index < -0.39 is 0 Å². The Kier molecular flexibility index (Phi) is 3.71. The zero-order valence-corrected chi connectivity index (χ0v) is 10.5. The molecule has 18 heavy (non-hydrogen) atoms. The van der Waals surface area contributed by atoms with Crippen molar-refractivity contribution in [2.24, 2.45) is 0 Å². The molecular formula is C14H11ClN2O. The number of hydrogen-bond donors (Lipinski definition) is 1. The standard InChI is InChI=1S/C14H11ClN2O/c1-18-11-7-6-10(9-16)14(8-11)17-13-5-3-2-4-12(13)15/h2-8,17H,1H3. The minimum atomic E-state index is 0.538. The Morgan fingerprint density at radius 3 is 2.61 bits per heavy atom. The van der Waals surface area contributed by atoms with Gasteiger partial charge < -0.3 is 10.1 Å². The number of halogens is 1. The number of nitrogens with one attached hydrogen (secondary N) is 1. The molecule has 0 fully saturated rings. The first kappa shape index (κ1) is 12.3. The van der Waals surface area contributed by atoms with Crippen LogP contribution in [0.5, 0.6) is 5.75 Å². The summed E-state index contributed by atoms with van der Waals surface area (Å²) in [5, 5.41) is 12.8. The SMILES string of the molecule is COc1ccc(C#N)c(Nc2ccccc2Cl)c1. The number of hydrogen-bond acceptors (Lipinski definition) is 3. The summed E-state index contributed by atoms with van der Waals surface area (Å²) < 4.78 is 5.14. The van der Waals surface area contributed by atoms with Gasteiger partial charge in [-0.25, -0.2) is 0 Å². The van der Waals surface area contributed by atoms with E-state index in [0.29, 0.717) is 22.0 Å². The van der Waals surface area contributed by atoms with Crippen LogP contribution in [0.25, 0.3) is 0 Å². The quantitative estimate of drug-likeness (QED) is 0.906. The zero-order valence-electron chi connectivity index (χ0n) is 9.77. The minimum Gasteiger partial charge on any atom is -0.497 e. The maximum absolute atomic E-state index is 9.07. The molecule has 0 heterocycles. The Balaban J connectivity index is 2.39. The van der Waals surface area contributed by atoms with Crippen LogP contribution in [-0.4, -0.2) is 7.11 Å². The fourth-order valence-corrected chi connectivity index (χ4v) is 1.74. The Hall–Kier alpha value is -2.18. The summed E-state index contributed by atoms with van der Waals surface area (Å²) in [4.78, 5) is 0. The molecule has 0 unspecified atom stereocenters. The molecule has 3 nitrogen and oxygen atoms in total. The highest BCUT2D eigenvalue weighted by Crippen LogP contribution is 2.29. The average molecular weight is 259 g/mol. The van der Waals surface area contributed by atoms with Gasteiger partial charge in [0.25, 0.3) is 0 Å². The molecule has 2 aromatic rings. The molecule has 0 aromatic heterocycles. The predicted octanol–water partition coefficient (Wildman–Crippen LogP) is 3.96. The molecule has 0 atom stereocenters. The average Bonchev–Trinajstić information content (AvgIpc) is 2.41. The van der Waals surface area contributed by atoms with Gasteiger partial charge in [0.15, 0.2) is 0 Å². The van der Waals surface area contributed by atoms with Crippen LogP contribution in [-0.2, 0) is 0 Å². The van der Waals surface area contributed by atoms with Gasteiger partial charge in [0.1, 0.15) is 11.8 Å². The summed E-state index contributed by atoms with van der Waals surface area (Å²) in [5.41, 5.74) is 1.96. The van der Waals surface area contributed by atoms with Crippen molar-refractivity contribution >= 4 is 23.0 Å². The lowest BCUT2D eigenvalue weighted by Gasteiger charge is -2.11. The molecule has 90 valence electrons. The summed E-state index contributed by atoms with van der Waals surface area (Å²) in [7, 11) is 1.58. The van der Waals surface area contributed by atoms with Crippen molar-refractivity contribution in [3.8, 4) is 11.8 Å². The van der Waals surface area contributed by atoms with E-state index in [1.807, 2.05) is 18.2 Å². The van der Waals surface area contributed by atoms with Crippen molar-refractivity contribution in [1.29, 1.82) is 5.26 Å². The smallest absolute Gasteiger partial charge is 0.121 e. The van der Waals surface area contributed by atoms with Crippen molar-refractivity contribution in [3.63, 3.8) is 0 Å². The van der Waals surface area contributed by atoms with Gasteiger partial charge >= 0.3 is 0 Å². The highest BCUT2D eigenvalue weighted by Gasteiger charge is 2.06. The normalized spacial score (nSPS) is 9.61. The number of nitrogens with zero attached hydrogens (tertiary/aromatic N) is 1. The number of benzene rings is 2. The first-order valence-corrected chi connectivity index (χ1v) is 5.72. The lowest BCUT2D eigenvalue weighted by molar-refractivity contribution is 0.415. The molecule has 0 saturated heterocycles. The van der Waals surface area contributed by atoms with Crippen LogP contribution in [0.4, 0.5) is 11.4 Å². The van der Waals surface area contributed by atoms with Gasteiger partial charge in [0.05, 0.1) is 29.1 Å². The second kappa shape index (κ2) is 5.44. The lowest BCUT2D eigenvalue weighted by Crippen LogP contribution is -1.95. The summed E-state index contributed by atoms with van der Waals surface area (Å²) >= 11 is 6.07. The van der Waals surface area contributed by atoms with Crippen molar-refractivity contribution in [2.75, 3.05) is 12.4 Å². The van der Waals surface area contributed by atoms with E-state index in [9.17, 15) is 0 Å². The number of nitriles is 1. The van der Waals surface area contributed by atoms with Gasteiger partial charge in [0.2, 0.25) is 0 Å². The van der Waals surface area contributed by atoms with E-state index in [-0.39, 0.29) is 0 Å². The summed E-state index contributed by atoms with van der Waals surface area (Å²) in [6.45, 7) is 0. The molecule has 0 aliphatic carbocycles. The van der Waals surface area contributed by atoms with Crippen molar-refractivity contribution in [1.82, 2.24) is 0 Å². The van der Waals surface area contributed by atoms with E-state index in [2.05, 4.69) is 11.4 Å². The van der Waals surface area contributed by atoms with Crippen LogP contribution in [0.1, 0.15) is 5.56 Å². The Morgan fingerprint density at radius 1 is 1.17 bits per heavy atom. The van der Waals surface area contributed by atoms with Crippen LogP contribution in [0.3, 0.4) is 0 Å². The van der Waals surface area contributed by atoms with Crippen LogP contribution >= 0.6 is 11.6 Å². The fraction of sp³-hybridized carbons (Fsp3) is 0.0714. The molecule has 0 bridgehead atoms. The van der Waals surface area contributed by atoms with Crippen LogP contribution in [0.2, 0.25) is 5.02 Å². The molecule has 0 radical (unpaired) electrons. The molecule has 1 N–H and O–H groups in total. The van der Waals surface area contributed by atoms with Crippen LogP contribution in [0, 0.1) is 11.3 Å². The largest absolute Gasteiger partial charge is 0.497 e. The van der Waals surface area contributed by atoms with Gasteiger partial charge in [-0.05, 0) is 24.3 Å². The number of ether oxygens (including phenoxy) is 1. The highest BCUT2D eigenvalue weighted by atomic mass is 35.5. The van der Waals surface area contributed by atoms with E-state index in [1.54, 1.807) is 31.4 Å². The number of anilines is 2. The van der Waals surface area contributed by atoms with E-state index >= 15 is 0 Å². The Labute approximate surface area is 111 Å². The van der Waals surface area contributed by atoms with Gasteiger partial charge in [-0.15, -0.1) is 0 Å². The Bertz CT molecular complexity index is 605. The third-order valence-corrected chi connectivity index (χ3v) is 2.82. The number of methoxy groups -OCH3 is 1. The summed E-state index contributed by atoms with van der Waals surface area (Å²) in [6, 6.07) is 14.7. The Morgan fingerprint density at radius 2 is 1.94 bits per heavy atom. The van der Waals surface area contributed by atoms with Gasteiger partial charge in [-0.1, -0.05) is 23.7 Å². The number of rotatable bonds is 3. The van der Waals surface area contributed by atoms with Gasteiger partial charge in [0, 0.05) is 6.07 Å². The van der Waals surface area contributed by atoms with Gasteiger partial charge in [-0.2, -0.15) is 5.26 Å². The number of para-hydroxylation sites is 1. The molecule has 2 aromatic carbocycles. The molecule has 0 aliphatic rings. The maximum atomic E-state index is 9.07. The fourth-order valence-electron chi connectivity index (χ4n) is 1.56. The molecule has 4 heteroatoms.